The van der Waals surface area contributed by atoms with Crippen molar-refractivity contribution in [3.8, 4) is 0 Å². The quantitative estimate of drug-likeness (QED) is 0.354. The number of sulfonamides is 1. The predicted octanol–water partition coefficient (Wildman–Crippen LogP) is 4.84. The van der Waals surface area contributed by atoms with Crippen LogP contribution in [-0.2, 0) is 32.6 Å². The minimum Gasteiger partial charge on any atom is -0.355 e. The maximum absolute atomic E-state index is 13.9. The number of hydrogen-bond acceptors (Lipinski definition) is 4. The van der Waals surface area contributed by atoms with Gasteiger partial charge in [0, 0.05) is 29.6 Å². The first-order valence-corrected chi connectivity index (χ1v) is 14.7. The van der Waals surface area contributed by atoms with Crippen LogP contribution in [0.4, 0.5) is 5.69 Å². The number of rotatable bonds is 11. The van der Waals surface area contributed by atoms with Gasteiger partial charge >= 0.3 is 0 Å². The molecule has 0 saturated carbocycles. The topological polar surface area (TPSA) is 86.8 Å². The highest BCUT2D eigenvalue weighted by Gasteiger charge is 2.33. The average Bonchev–Trinajstić information content (AvgIpc) is 2.84. The summed E-state index contributed by atoms with van der Waals surface area (Å²) >= 11 is 12.3. The Morgan fingerprint density at radius 2 is 1.55 bits per heavy atom. The van der Waals surface area contributed by atoms with Crippen LogP contribution in [0.25, 0.3) is 0 Å². The van der Waals surface area contributed by atoms with Crippen molar-refractivity contribution in [3.63, 3.8) is 0 Å². The molecule has 3 aromatic carbocycles. The molecule has 0 radical (unpaired) electrons. The van der Waals surface area contributed by atoms with Crippen LogP contribution in [0, 0.1) is 6.92 Å². The second-order valence-electron chi connectivity index (χ2n) is 9.01. The van der Waals surface area contributed by atoms with E-state index in [4.69, 9.17) is 23.2 Å². The molecule has 0 bridgehead atoms. The summed E-state index contributed by atoms with van der Waals surface area (Å²) < 4.78 is 26.6. The normalized spacial score (nSPS) is 12.0. The molecule has 3 aromatic rings. The fourth-order valence-corrected chi connectivity index (χ4v) is 5.50. The Morgan fingerprint density at radius 3 is 2.13 bits per heavy atom. The zero-order valence-corrected chi connectivity index (χ0v) is 23.9. The van der Waals surface area contributed by atoms with E-state index in [1.54, 1.807) is 6.92 Å². The van der Waals surface area contributed by atoms with E-state index >= 15 is 0 Å². The van der Waals surface area contributed by atoms with Gasteiger partial charge in [0.15, 0.2) is 0 Å². The molecule has 7 nitrogen and oxygen atoms in total. The summed E-state index contributed by atoms with van der Waals surface area (Å²) in [6, 6.07) is 20.5. The fraction of sp³-hybridized carbons (Fsp3) is 0.286. The van der Waals surface area contributed by atoms with Gasteiger partial charge in [-0.15, -0.1) is 0 Å². The molecule has 202 valence electrons. The molecule has 3 rings (SSSR count). The summed E-state index contributed by atoms with van der Waals surface area (Å²) in [6.07, 6.45) is 1.26. The maximum atomic E-state index is 13.9. The van der Waals surface area contributed by atoms with Crippen molar-refractivity contribution < 1.29 is 18.0 Å². The molecular weight excluding hydrogens is 545 g/mol. The lowest BCUT2D eigenvalue weighted by Gasteiger charge is -2.33. The number of halogens is 2. The van der Waals surface area contributed by atoms with Gasteiger partial charge in [-0.1, -0.05) is 83.4 Å². The maximum Gasteiger partial charge on any atom is 0.244 e. The van der Waals surface area contributed by atoms with Gasteiger partial charge in [0.1, 0.15) is 12.6 Å². The highest BCUT2D eigenvalue weighted by molar-refractivity contribution is 7.92. The number of aryl methyl sites for hydroxylation is 1. The van der Waals surface area contributed by atoms with Gasteiger partial charge in [-0.25, -0.2) is 8.42 Å². The molecule has 1 N–H and O–H groups in total. The van der Waals surface area contributed by atoms with Crippen molar-refractivity contribution in [2.45, 2.75) is 32.9 Å². The molecule has 0 unspecified atom stereocenters. The number of carbonyl (C=O) groups is 2. The van der Waals surface area contributed by atoms with Crippen LogP contribution in [-0.4, -0.2) is 50.5 Å². The van der Waals surface area contributed by atoms with E-state index in [0.717, 1.165) is 27.3 Å². The Bertz CT molecular complexity index is 1360. The van der Waals surface area contributed by atoms with Crippen molar-refractivity contribution in [2.75, 3.05) is 23.7 Å². The second-order valence-corrected chi connectivity index (χ2v) is 11.8. The van der Waals surface area contributed by atoms with Crippen LogP contribution in [0.5, 0.6) is 0 Å². The SMILES string of the molecule is CCNC(=O)[C@@H](Cc1ccccc1)N(Cc1cccc(C)c1)C(=O)CN(c1cc(Cl)cc(Cl)c1)S(C)(=O)=O. The molecule has 0 heterocycles. The van der Waals surface area contributed by atoms with E-state index in [1.807, 2.05) is 61.5 Å². The number of carbonyl (C=O) groups excluding carboxylic acids is 2. The van der Waals surface area contributed by atoms with Crippen molar-refractivity contribution in [2.24, 2.45) is 0 Å². The van der Waals surface area contributed by atoms with E-state index in [2.05, 4.69) is 5.32 Å². The highest BCUT2D eigenvalue weighted by atomic mass is 35.5. The van der Waals surface area contributed by atoms with Gasteiger partial charge in [0.05, 0.1) is 11.9 Å². The van der Waals surface area contributed by atoms with Gasteiger partial charge < -0.3 is 10.2 Å². The second kappa shape index (κ2) is 13.1. The molecule has 0 spiro atoms. The molecule has 10 heteroatoms. The zero-order chi connectivity index (χ0) is 27.9. The lowest BCUT2D eigenvalue weighted by atomic mass is 10.0. The van der Waals surface area contributed by atoms with E-state index in [0.29, 0.717) is 6.54 Å². The van der Waals surface area contributed by atoms with Crippen LogP contribution in [0.3, 0.4) is 0 Å². The molecule has 38 heavy (non-hydrogen) atoms. The molecule has 0 fully saturated rings. The fourth-order valence-electron chi connectivity index (χ4n) is 4.15. The van der Waals surface area contributed by atoms with E-state index < -0.39 is 28.5 Å². The first kappa shape index (κ1) is 29.5. The smallest absolute Gasteiger partial charge is 0.244 e. The van der Waals surface area contributed by atoms with Crippen molar-refractivity contribution in [3.05, 3.63) is 99.5 Å². The third-order valence-electron chi connectivity index (χ3n) is 5.87. The number of hydrogen-bond donors (Lipinski definition) is 1. The largest absolute Gasteiger partial charge is 0.355 e. The average molecular weight is 577 g/mol. The summed E-state index contributed by atoms with van der Waals surface area (Å²) in [5.41, 5.74) is 2.84. The minimum absolute atomic E-state index is 0.114. The number of likely N-dealkylation sites (N-methyl/N-ethyl adjacent to an activating group) is 1. The van der Waals surface area contributed by atoms with E-state index in [9.17, 15) is 18.0 Å². The van der Waals surface area contributed by atoms with Gasteiger partial charge in [0.2, 0.25) is 21.8 Å². The van der Waals surface area contributed by atoms with Gasteiger partial charge in [-0.2, -0.15) is 0 Å². The minimum atomic E-state index is -3.91. The van der Waals surface area contributed by atoms with Gasteiger partial charge in [0.25, 0.3) is 0 Å². The number of benzene rings is 3. The first-order valence-electron chi connectivity index (χ1n) is 12.1. The number of nitrogens with zero attached hydrogens (tertiary/aromatic N) is 2. The number of anilines is 1. The van der Waals surface area contributed by atoms with Crippen molar-refractivity contribution in [1.82, 2.24) is 10.2 Å². The monoisotopic (exact) mass is 575 g/mol. The van der Waals surface area contributed by atoms with Crippen molar-refractivity contribution in [1.29, 1.82) is 0 Å². The Balaban J connectivity index is 2.06. The summed E-state index contributed by atoms with van der Waals surface area (Å²) in [5, 5.41) is 3.29. The van der Waals surface area contributed by atoms with E-state index in [-0.39, 0.29) is 34.6 Å². The molecule has 0 aliphatic rings. The van der Waals surface area contributed by atoms with Gasteiger partial charge in [-0.3, -0.25) is 13.9 Å². The Hall–Kier alpha value is -3.07. The van der Waals surface area contributed by atoms with Gasteiger partial charge in [-0.05, 0) is 43.2 Å². The summed E-state index contributed by atoms with van der Waals surface area (Å²) in [4.78, 5) is 28.7. The predicted molar refractivity (Wildman–Crippen MR) is 153 cm³/mol. The zero-order valence-electron chi connectivity index (χ0n) is 21.5. The highest BCUT2D eigenvalue weighted by Crippen LogP contribution is 2.27. The number of nitrogens with one attached hydrogen (secondary N) is 1. The Kier molecular flexibility index (Phi) is 10.2. The molecule has 0 aliphatic carbocycles. The van der Waals surface area contributed by atoms with E-state index in [1.165, 1.54) is 23.1 Å². The van der Waals surface area contributed by atoms with Crippen LogP contribution >= 0.6 is 23.2 Å². The Labute approximate surface area is 234 Å². The standard InChI is InChI=1S/C28H31Cl2N3O4S/c1-4-31-28(35)26(14-21-10-6-5-7-11-21)32(18-22-12-8-9-20(2)13-22)27(34)19-33(38(3,36)37)25-16-23(29)15-24(30)17-25/h5-13,15-17,26H,4,14,18-19H2,1-3H3,(H,31,35)/t26-/m1/s1. The molecule has 0 saturated heterocycles. The summed E-state index contributed by atoms with van der Waals surface area (Å²) in [7, 11) is -3.91. The first-order chi connectivity index (χ1) is 18.0. The molecule has 0 aromatic heterocycles. The number of amides is 2. The van der Waals surface area contributed by atoms with Crippen LogP contribution < -0.4 is 9.62 Å². The summed E-state index contributed by atoms with van der Waals surface area (Å²) in [5.74, 6) is -0.866. The third-order valence-corrected chi connectivity index (χ3v) is 7.45. The molecule has 2 amide bonds. The molecular formula is C28H31Cl2N3O4S. The lowest BCUT2D eigenvalue weighted by molar-refractivity contribution is -0.140. The lowest BCUT2D eigenvalue weighted by Crippen LogP contribution is -2.53. The molecule has 1 atom stereocenters. The van der Waals surface area contributed by atoms with Crippen molar-refractivity contribution >= 4 is 50.7 Å². The molecule has 0 aliphatic heterocycles. The van der Waals surface area contributed by atoms with Crippen LogP contribution in [0.1, 0.15) is 23.6 Å². The third kappa shape index (κ3) is 8.21. The van der Waals surface area contributed by atoms with Crippen LogP contribution in [0.2, 0.25) is 10.0 Å². The Morgan fingerprint density at radius 1 is 0.921 bits per heavy atom. The summed E-state index contributed by atoms with van der Waals surface area (Å²) in [6.45, 7) is 3.70. The van der Waals surface area contributed by atoms with Crippen LogP contribution in [0.15, 0.2) is 72.8 Å².